The molecule has 0 aromatic heterocycles. The molecule has 1 N–H and O–H groups in total. The Morgan fingerprint density at radius 1 is 1.09 bits per heavy atom. The molecule has 0 aliphatic heterocycles. The Kier molecular flexibility index (Phi) is 5.46. The van der Waals surface area contributed by atoms with E-state index < -0.39 is 5.97 Å². The summed E-state index contributed by atoms with van der Waals surface area (Å²) in [6, 6.07) is 12.9. The van der Waals surface area contributed by atoms with Crippen LogP contribution in [0.25, 0.3) is 0 Å². The van der Waals surface area contributed by atoms with Crippen molar-refractivity contribution in [3.05, 3.63) is 53.6 Å². The average Bonchev–Trinajstić information content (AvgIpc) is 2.61. The molecule has 5 nitrogen and oxygen atoms in total. The highest BCUT2D eigenvalue weighted by Gasteiger charge is 2.16. The Labute approximate surface area is 136 Å². The maximum absolute atomic E-state index is 11.6. The van der Waals surface area contributed by atoms with Crippen LogP contribution >= 0.6 is 0 Å². The Bertz CT molecular complexity index is 684. The number of ether oxygens (including phenoxy) is 3. The predicted octanol–water partition coefficient (Wildman–Crippen LogP) is 3.66. The van der Waals surface area contributed by atoms with Crippen molar-refractivity contribution >= 4 is 11.7 Å². The van der Waals surface area contributed by atoms with Crippen LogP contribution in [0.5, 0.6) is 11.5 Å². The van der Waals surface area contributed by atoms with Crippen molar-refractivity contribution in [1.82, 2.24) is 0 Å². The molecule has 0 bridgehead atoms. The van der Waals surface area contributed by atoms with Crippen LogP contribution in [0.2, 0.25) is 0 Å². The third-order valence-corrected chi connectivity index (χ3v) is 3.56. The fourth-order valence-electron chi connectivity index (χ4n) is 2.34. The molecule has 0 saturated carbocycles. The van der Waals surface area contributed by atoms with Crippen LogP contribution in [0, 0.1) is 0 Å². The number of para-hydroxylation sites is 1. The van der Waals surface area contributed by atoms with Crippen LogP contribution in [0.3, 0.4) is 0 Å². The fraction of sp³-hybridized carbons (Fsp3) is 0.278. The number of nitrogens with one attached hydrogen (secondary N) is 1. The number of hydrogen-bond donors (Lipinski definition) is 1. The van der Waals surface area contributed by atoms with E-state index in [1.807, 2.05) is 38.2 Å². The van der Waals surface area contributed by atoms with E-state index >= 15 is 0 Å². The topological polar surface area (TPSA) is 56.8 Å². The third-order valence-electron chi connectivity index (χ3n) is 3.56. The number of hydrogen-bond acceptors (Lipinski definition) is 5. The molecule has 0 aliphatic carbocycles. The zero-order valence-corrected chi connectivity index (χ0v) is 13.8. The molecular formula is C18H21NO4. The van der Waals surface area contributed by atoms with Gasteiger partial charge in [-0.1, -0.05) is 18.2 Å². The Balaban J connectivity index is 2.27. The predicted molar refractivity (Wildman–Crippen MR) is 89.4 cm³/mol. The number of rotatable bonds is 6. The van der Waals surface area contributed by atoms with E-state index in [0.29, 0.717) is 17.1 Å². The van der Waals surface area contributed by atoms with Gasteiger partial charge in [0.2, 0.25) is 0 Å². The van der Waals surface area contributed by atoms with E-state index in [2.05, 4.69) is 5.32 Å². The van der Waals surface area contributed by atoms with Gasteiger partial charge < -0.3 is 19.5 Å². The van der Waals surface area contributed by atoms with Gasteiger partial charge in [-0.15, -0.1) is 0 Å². The lowest BCUT2D eigenvalue weighted by Crippen LogP contribution is -2.08. The van der Waals surface area contributed by atoms with Crippen molar-refractivity contribution in [2.75, 3.05) is 26.6 Å². The monoisotopic (exact) mass is 315 g/mol. The van der Waals surface area contributed by atoms with Gasteiger partial charge >= 0.3 is 5.97 Å². The maximum Gasteiger partial charge on any atom is 0.337 e. The largest absolute Gasteiger partial charge is 0.493 e. The molecule has 122 valence electrons. The Morgan fingerprint density at radius 2 is 1.83 bits per heavy atom. The van der Waals surface area contributed by atoms with Crippen molar-refractivity contribution in [1.29, 1.82) is 0 Å². The number of carbonyl (C=O) groups is 1. The standard InChI is InChI=1S/C18H21NO4/c1-12(14-7-5-6-8-15(14)19-2)23-16-10-9-13(18(20)22-4)11-17(16)21-3/h5-12,19H,1-4H3. The summed E-state index contributed by atoms with van der Waals surface area (Å²) in [5, 5.41) is 3.15. The lowest BCUT2D eigenvalue weighted by Gasteiger charge is -2.20. The number of anilines is 1. The smallest absolute Gasteiger partial charge is 0.337 e. The summed E-state index contributed by atoms with van der Waals surface area (Å²) in [5.41, 5.74) is 2.46. The molecule has 0 saturated heterocycles. The van der Waals surface area contributed by atoms with Gasteiger partial charge in [0.1, 0.15) is 6.10 Å². The molecule has 0 amide bonds. The summed E-state index contributed by atoms with van der Waals surface area (Å²) in [4.78, 5) is 11.6. The first kappa shape index (κ1) is 16.7. The lowest BCUT2D eigenvalue weighted by atomic mass is 10.1. The van der Waals surface area contributed by atoms with Gasteiger partial charge in [0, 0.05) is 18.3 Å². The van der Waals surface area contributed by atoms with E-state index in [9.17, 15) is 4.79 Å². The fourth-order valence-corrected chi connectivity index (χ4v) is 2.34. The van der Waals surface area contributed by atoms with Crippen molar-refractivity contribution in [2.24, 2.45) is 0 Å². The summed E-state index contributed by atoms with van der Waals surface area (Å²) in [7, 11) is 4.75. The van der Waals surface area contributed by atoms with Crippen molar-refractivity contribution in [2.45, 2.75) is 13.0 Å². The number of methoxy groups -OCH3 is 2. The van der Waals surface area contributed by atoms with E-state index in [0.717, 1.165) is 11.3 Å². The van der Waals surface area contributed by atoms with Gasteiger partial charge in [0.25, 0.3) is 0 Å². The first-order valence-electron chi connectivity index (χ1n) is 7.30. The summed E-state index contributed by atoms with van der Waals surface area (Å²) in [6.07, 6.45) is -0.184. The molecule has 23 heavy (non-hydrogen) atoms. The molecule has 0 aliphatic rings. The second kappa shape index (κ2) is 7.54. The molecule has 0 fully saturated rings. The van der Waals surface area contributed by atoms with Gasteiger partial charge in [0.15, 0.2) is 11.5 Å². The van der Waals surface area contributed by atoms with E-state index in [1.165, 1.54) is 14.2 Å². The van der Waals surface area contributed by atoms with Crippen LogP contribution in [0.15, 0.2) is 42.5 Å². The first-order valence-corrected chi connectivity index (χ1v) is 7.30. The number of esters is 1. The van der Waals surface area contributed by atoms with Crippen LogP contribution < -0.4 is 14.8 Å². The molecule has 2 rings (SSSR count). The van der Waals surface area contributed by atoms with Crippen molar-refractivity contribution in [3.63, 3.8) is 0 Å². The van der Waals surface area contributed by atoms with Gasteiger partial charge in [0.05, 0.1) is 19.8 Å². The second-order valence-electron chi connectivity index (χ2n) is 4.95. The van der Waals surface area contributed by atoms with Gasteiger partial charge in [-0.3, -0.25) is 0 Å². The minimum atomic E-state index is -0.413. The van der Waals surface area contributed by atoms with E-state index in [1.54, 1.807) is 18.2 Å². The summed E-state index contributed by atoms with van der Waals surface area (Å²) >= 11 is 0. The number of carbonyl (C=O) groups excluding carboxylic acids is 1. The van der Waals surface area contributed by atoms with Gasteiger partial charge in [-0.05, 0) is 31.2 Å². The summed E-state index contributed by atoms with van der Waals surface area (Å²) < 4.78 is 16.1. The number of benzene rings is 2. The van der Waals surface area contributed by atoms with E-state index in [4.69, 9.17) is 14.2 Å². The Hall–Kier alpha value is -2.69. The Morgan fingerprint density at radius 3 is 2.48 bits per heavy atom. The average molecular weight is 315 g/mol. The molecular weight excluding hydrogens is 294 g/mol. The molecule has 0 radical (unpaired) electrons. The van der Waals surface area contributed by atoms with E-state index in [-0.39, 0.29) is 6.10 Å². The maximum atomic E-state index is 11.6. The second-order valence-corrected chi connectivity index (χ2v) is 4.95. The molecule has 2 aromatic carbocycles. The molecule has 1 unspecified atom stereocenters. The molecule has 5 heteroatoms. The highest BCUT2D eigenvalue weighted by molar-refractivity contribution is 5.90. The van der Waals surface area contributed by atoms with Crippen molar-refractivity contribution < 1.29 is 19.0 Å². The zero-order valence-electron chi connectivity index (χ0n) is 13.8. The molecule has 0 spiro atoms. The molecule has 0 heterocycles. The SMILES string of the molecule is CNc1ccccc1C(C)Oc1ccc(C(=O)OC)cc1OC. The van der Waals surface area contributed by atoms with Crippen molar-refractivity contribution in [3.8, 4) is 11.5 Å². The minimum absolute atomic E-state index is 0.184. The summed E-state index contributed by atoms with van der Waals surface area (Å²) in [6.45, 7) is 1.96. The van der Waals surface area contributed by atoms with Crippen LogP contribution in [0.1, 0.15) is 28.9 Å². The molecule has 1 atom stereocenters. The van der Waals surface area contributed by atoms with Gasteiger partial charge in [-0.25, -0.2) is 4.79 Å². The third kappa shape index (κ3) is 3.74. The quantitative estimate of drug-likeness (QED) is 0.824. The lowest BCUT2D eigenvalue weighted by molar-refractivity contribution is 0.0600. The zero-order chi connectivity index (χ0) is 16.8. The molecule has 2 aromatic rings. The highest BCUT2D eigenvalue weighted by Crippen LogP contribution is 2.33. The minimum Gasteiger partial charge on any atom is -0.493 e. The normalized spacial score (nSPS) is 11.5. The highest BCUT2D eigenvalue weighted by atomic mass is 16.5. The van der Waals surface area contributed by atoms with Gasteiger partial charge in [-0.2, -0.15) is 0 Å². The van der Waals surface area contributed by atoms with Crippen LogP contribution in [-0.4, -0.2) is 27.2 Å². The van der Waals surface area contributed by atoms with Crippen LogP contribution in [-0.2, 0) is 4.74 Å². The summed E-state index contributed by atoms with van der Waals surface area (Å²) in [5.74, 6) is 0.642. The van der Waals surface area contributed by atoms with Crippen LogP contribution in [0.4, 0.5) is 5.69 Å². The first-order chi connectivity index (χ1) is 11.1.